The van der Waals surface area contributed by atoms with Crippen LogP contribution in [0.25, 0.3) is 0 Å². The maximum Gasteiger partial charge on any atom is 0.0922 e. The van der Waals surface area contributed by atoms with E-state index in [1.807, 2.05) is 6.92 Å². The first-order chi connectivity index (χ1) is 29.1. The smallest absolute Gasteiger partial charge is 0.0922 e. The molecule has 0 amide bonds. The van der Waals surface area contributed by atoms with Crippen molar-refractivity contribution in [2.45, 2.75) is 118 Å². The first-order valence-corrected chi connectivity index (χ1v) is 21.2. The van der Waals surface area contributed by atoms with Gasteiger partial charge < -0.3 is 9.63 Å². The maximum absolute atomic E-state index is 10.1. The van der Waals surface area contributed by atoms with Gasteiger partial charge in [-0.15, -0.1) is 0 Å². The molecule has 2 aromatic carbocycles. The summed E-state index contributed by atoms with van der Waals surface area (Å²) >= 11 is 0. The molecule has 0 radical (unpaired) electrons. The van der Waals surface area contributed by atoms with Crippen LogP contribution in [0.15, 0.2) is 132 Å². The highest BCUT2D eigenvalue weighted by atomic mass is 31.1. The van der Waals surface area contributed by atoms with E-state index in [0.29, 0.717) is 18.9 Å². The number of aliphatic hydroxyl groups is 1. The lowest BCUT2D eigenvalue weighted by Gasteiger charge is -2.44. The summed E-state index contributed by atoms with van der Waals surface area (Å²) in [6, 6.07) is 21.1. The van der Waals surface area contributed by atoms with Gasteiger partial charge in [0.2, 0.25) is 0 Å². The quantitative estimate of drug-likeness (QED) is 0.194. The van der Waals surface area contributed by atoms with Gasteiger partial charge in [-0.2, -0.15) is 0 Å². The van der Waals surface area contributed by atoms with E-state index in [1.54, 1.807) is 6.08 Å². The number of rotatable bonds is 10. The van der Waals surface area contributed by atoms with E-state index in [-0.39, 0.29) is 23.4 Å². The number of hydrogen-bond donors (Lipinski definition) is 1. The van der Waals surface area contributed by atoms with Crippen LogP contribution < -0.4 is 10.6 Å². The van der Waals surface area contributed by atoms with Crippen molar-refractivity contribution in [3.05, 3.63) is 132 Å². The Balaban J connectivity index is 0.000000259. The molecule has 0 bridgehead atoms. The highest BCUT2D eigenvalue weighted by Gasteiger charge is 2.50. The number of hydrogen-bond acceptors (Lipinski definition) is 2. The summed E-state index contributed by atoms with van der Waals surface area (Å²) in [5.41, 5.74) is 6.36. The molecule has 0 unspecified atom stereocenters. The third kappa shape index (κ3) is 11.2. The fraction of sp³-hybridized carbons (Fsp3) is 0.520. The first-order valence-electron chi connectivity index (χ1n) is 24.4. The van der Waals surface area contributed by atoms with Crippen LogP contribution in [-0.4, -0.2) is 17.8 Å². The number of allylic oxidation sites excluding steroid dienone is 8. The molecule has 4 saturated carbocycles. The fourth-order valence-electron chi connectivity index (χ4n) is 9.15. The Bertz CT molecular complexity index is 1870. The first kappa shape index (κ1) is 30.4. The fourth-order valence-corrected chi connectivity index (χ4v) is 10.9. The summed E-state index contributed by atoms with van der Waals surface area (Å²) in [6.45, 7) is 7.16. The molecule has 7 atom stereocenters. The molecule has 2 nitrogen and oxygen atoms in total. The summed E-state index contributed by atoms with van der Waals surface area (Å²) in [5, 5.41) is 12.6. The molecule has 1 N–H and O–H groups in total. The average molecular weight is 742 g/mol. The van der Waals surface area contributed by atoms with Crippen molar-refractivity contribution in [2.24, 2.45) is 40.9 Å². The molecule has 4 aliphatic carbocycles. The Labute approximate surface area is 337 Å². The molecule has 6 rings (SSSR count). The van der Waals surface area contributed by atoms with Gasteiger partial charge in [-0.3, -0.25) is 0 Å². The van der Waals surface area contributed by atoms with Crippen LogP contribution in [0.4, 0.5) is 0 Å². The summed E-state index contributed by atoms with van der Waals surface area (Å²) in [4.78, 5) is 0. The molecule has 0 spiro atoms. The lowest BCUT2D eigenvalue weighted by Crippen LogP contribution is -2.35. The van der Waals surface area contributed by atoms with Crippen LogP contribution in [0.3, 0.4) is 0 Å². The molecule has 286 valence electrons. The van der Waals surface area contributed by atoms with Gasteiger partial charge in [0.1, 0.15) is 0 Å². The zero-order valence-electron chi connectivity index (χ0n) is 41.4. The van der Waals surface area contributed by atoms with E-state index in [0.717, 1.165) is 74.9 Å². The van der Waals surface area contributed by atoms with Crippen LogP contribution in [0.1, 0.15) is 124 Å². The summed E-state index contributed by atoms with van der Waals surface area (Å²) in [6.07, 6.45) is 20.4. The minimum atomic E-state index is -2.92. The SMILES string of the molecule is C=C1CC[C@H](C)C/C1=C/COP(c1ccccc1)c1ccccc1.[2H]C([2H])([2H])C([C@H](/C=C/[C@@H](C)[C@H]1CC[C@H]2/C(=C/C=C3/C[C@@H](O)CCC3=C)CCC[C@]12C)C([2H])([2H])[2H])C([2H])([2H])[2H]. The van der Waals surface area contributed by atoms with E-state index in [9.17, 15) is 5.11 Å². The van der Waals surface area contributed by atoms with Crippen molar-refractivity contribution in [1.29, 1.82) is 0 Å². The normalized spacial score (nSPS) is 33.1. The van der Waals surface area contributed by atoms with E-state index in [1.165, 1.54) is 39.8 Å². The van der Waals surface area contributed by atoms with Crippen LogP contribution in [0, 0.1) is 40.9 Å². The Hall–Kier alpha value is -2.77. The number of aliphatic hydroxyl groups excluding tert-OH is 1. The van der Waals surface area contributed by atoms with Gasteiger partial charge >= 0.3 is 0 Å². The molecular formula is C50H69O2P. The largest absolute Gasteiger partial charge is 0.393 e. The van der Waals surface area contributed by atoms with Gasteiger partial charge in [0, 0.05) is 22.9 Å². The van der Waals surface area contributed by atoms with Crippen LogP contribution >= 0.6 is 8.15 Å². The molecule has 0 heterocycles. The molecule has 4 fully saturated rings. The summed E-state index contributed by atoms with van der Waals surface area (Å²) < 4.78 is 76.9. The third-order valence-corrected chi connectivity index (χ3v) is 14.3. The van der Waals surface area contributed by atoms with Gasteiger partial charge in [-0.05, 0) is 123 Å². The Morgan fingerprint density at radius 3 is 2.23 bits per heavy atom. The van der Waals surface area contributed by atoms with E-state index >= 15 is 0 Å². The minimum Gasteiger partial charge on any atom is -0.393 e. The average Bonchev–Trinajstić information content (AvgIpc) is 3.56. The highest BCUT2D eigenvalue weighted by molar-refractivity contribution is 7.68. The van der Waals surface area contributed by atoms with Crippen molar-refractivity contribution in [3.8, 4) is 0 Å². The maximum atomic E-state index is 10.1. The van der Waals surface area contributed by atoms with Crippen molar-refractivity contribution in [2.75, 3.05) is 6.61 Å². The predicted molar refractivity (Wildman–Crippen MR) is 231 cm³/mol. The topological polar surface area (TPSA) is 29.5 Å². The van der Waals surface area contributed by atoms with Gasteiger partial charge in [0.15, 0.2) is 0 Å². The molecule has 3 heteroatoms. The van der Waals surface area contributed by atoms with Gasteiger partial charge in [-0.25, -0.2) is 0 Å². The molecule has 4 aliphatic rings. The third-order valence-electron chi connectivity index (χ3n) is 12.3. The summed E-state index contributed by atoms with van der Waals surface area (Å²) in [7, 11) is -0.777. The van der Waals surface area contributed by atoms with Crippen LogP contribution in [0.5, 0.6) is 0 Å². The Kier molecular flexibility index (Phi) is 11.3. The van der Waals surface area contributed by atoms with Crippen molar-refractivity contribution >= 4 is 18.8 Å². The molecule has 0 saturated heterocycles. The Morgan fingerprint density at radius 1 is 0.868 bits per heavy atom. The van der Waals surface area contributed by atoms with E-state index < -0.39 is 40.5 Å². The van der Waals surface area contributed by atoms with Crippen LogP contribution in [-0.2, 0) is 4.52 Å². The summed E-state index contributed by atoms with van der Waals surface area (Å²) in [5.74, 6) is -2.11. The zero-order chi connectivity index (χ0) is 45.5. The molecule has 53 heavy (non-hydrogen) atoms. The van der Waals surface area contributed by atoms with Crippen molar-refractivity contribution < 1.29 is 22.0 Å². The van der Waals surface area contributed by atoms with E-state index in [4.69, 9.17) is 16.9 Å². The van der Waals surface area contributed by atoms with E-state index in [2.05, 4.69) is 106 Å². The minimum absolute atomic E-state index is 0.0188. The molecule has 2 aromatic rings. The lowest BCUT2D eigenvalue weighted by molar-refractivity contribution is 0.112. The zero-order valence-corrected chi connectivity index (χ0v) is 33.3. The van der Waals surface area contributed by atoms with Crippen LogP contribution in [0.2, 0.25) is 0 Å². The molecule has 0 aromatic heterocycles. The monoisotopic (exact) mass is 742 g/mol. The lowest BCUT2D eigenvalue weighted by atomic mass is 9.61. The van der Waals surface area contributed by atoms with Crippen molar-refractivity contribution in [1.82, 2.24) is 0 Å². The standard InChI is InChI=1S/C28H44O.C22H25OP/c1-19(2)20(3)9-10-22(5)26-15-16-27-23(8-7-17-28(26,27)6)12-13-24-18-25(29)14-11-21(24)4;1-18-13-14-19(2)20(17-18)15-16-23-24(21-9-5-3-6-10-21)22-11-7-4-8-12-22/h9-10,12-13,19-20,22,25-27,29H,4,7-8,11,14-18H2,1-3,5-6H3;3-12,15,18H,2,13-14,16-17H2,1H3/b10-9+,23-12+,24-13-;20-15-/t20-,22+,25-,26+,27-,28+;18-/m00/s1/i1D3,2D3,3D3;. The number of benzene rings is 2. The second-order valence-corrected chi connectivity index (χ2v) is 18.1. The second-order valence-electron chi connectivity index (χ2n) is 16.2. The second kappa shape index (κ2) is 19.7. The predicted octanol–water partition coefficient (Wildman–Crippen LogP) is 13.0. The molecular weight excluding hydrogens is 664 g/mol. The Morgan fingerprint density at radius 2 is 1.55 bits per heavy atom. The van der Waals surface area contributed by atoms with Crippen molar-refractivity contribution in [3.63, 3.8) is 0 Å². The van der Waals surface area contributed by atoms with Gasteiger partial charge in [-0.1, -0.05) is 162 Å². The van der Waals surface area contributed by atoms with Gasteiger partial charge in [0.25, 0.3) is 0 Å². The molecule has 0 aliphatic heterocycles. The highest BCUT2D eigenvalue weighted by Crippen LogP contribution is 2.59. The van der Waals surface area contributed by atoms with Gasteiger partial charge in [0.05, 0.1) is 20.9 Å². The number of fused-ring (bicyclic) bond motifs is 1.